The van der Waals surface area contributed by atoms with E-state index in [-0.39, 0.29) is 17.9 Å². The predicted octanol–water partition coefficient (Wildman–Crippen LogP) is 2.19. The van der Waals surface area contributed by atoms with Crippen LogP contribution in [0, 0.1) is 5.92 Å². The molecule has 25 heavy (non-hydrogen) atoms. The molecule has 1 amide bonds. The molecule has 3 rings (SSSR count). The fourth-order valence-corrected chi connectivity index (χ4v) is 3.60. The number of aromatic nitrogens is 2. The molecule has 5 heteroatoms. The summed E-state index contributed by atoms with van der Waals surface area (Å²) in [6.07, 6.45) is 5.15. The molecule has 0 radical (unpaired) electrons. The Bertz CT molecular complexity index is 675. The first kappa shape index (κ1) is 17.7. The van der Waals surface area contributed by atoms with Crippen molar-refractivity contribution < 1.29 is 9.90 Å². The third-order valence-electron chi connectivity index (χ3n) is 5.24. The molecule has 1 atom stereocenters. The van der Waals surface area contributed by atoms with Crippen LogP contribution in [0.1, 0.15) is 30.5 Å². The van der Waals surface area contributed by atoms with Crippen LogP contribution < -0.4 is 0 Å². The zero-order chi connectivity index (χ0) is 17.6. The number of piperidine rings is 1. The number of aliphatic hydroxyl groups is 1. The summed E-state index contributed by atoms with van der Waals surface area (Å²) in [5, 5.41) is 14.6. The molecule has 0 aliphatic carbocycles. The average Bonchev–Trinajstić information content (AvgIpc) is 3.05. The number of hydrogen-bond donors (Lipinski definition) is 1. The molecule has 0 bridgehead atoms. The van der Waals surface area contributed by atoms with E-state index in [1.807, 2.05) is 40.9 Å². The van der Waals surface area contributed by atoms with Gasteiger partial charge in [0.25, 0.3) is 0 Å². The van der Waals surface area contributed by atoms with E-state index >= 15 is 0 Å². The van der Waals surface area contributed by atoms with Crippen molar-refractivity contribution in [2.45, 2.75) is 38.2 Å². The van der Waals surface area contributed by atoms with E-state index in [4.69, 9.17) is 0 Å². The maximum atomic E-state index is 12.4. The second-order valence-corrected chi connectivity index (χ2v) is 6.92. The van der Waals surface area contributed by atoms with Crippen LogP contribution >= 0.6 is 0 Å². The first-order valence-corrected chi connectivity index (χ1v) is 9.10. The van der Waals surface area contributed by atoms with Gasteiger partial charge in [-0.15, -0.1) is 0 Å². The summed E-state index contributed by atoms with van der Waals surface area (Å²) in [4.78, 5) is 14.4. The van der Waals surface area contributed by atoms with Crippen LogP contribution in [0.2, 0.25) is 0 Å². The summed E-state index contributed by atoms with van der Waals surface area (Å²) < 4.78 is 1.82. The standard InChI is InChI=1S/C20H27N3O2/c1-22-18(9-12-21-22)7-8-20(25)23-13-10-17(11-14-23)19(24)15-16-5-3-2-4-6-16/h2-6,9,12,17,19,24H,7-8,10-11,13-15H2,1H3. The maximum Gasteiger partial charge on any atom is 0.222 e. The summed E-state index contributed by atoms with van der Waals surface area (Å²) >= 11 is 0. The van der Waals surface area contributed by atoms with Crippen LogP contribution in [0.5, 0.6) is 0 Å². The lowest BCUT2D eigenvalue weighted by Crippen LogP contribution is -2.41. The van der Waals surface area contributed by atoms with Crippen LogP contribution in [0.3, 0.4) is 0 Å². The molecule has 1 saturated heterocycles. The molecule has 1 aromatic heterocycles. The van der Waals surface area contributed by atoms with Gasteiger partial charge in [0, 0.05) is 38.4 Å². The van der Waals surface area contributed by atoms with Gasteiger partial charge < -0.3 is 10.0 Å². The monoisotopic (exact) mass is 341 g/mol. The van der Waals surface area contributed by atoms with E-state index in [0.29, 0.717) is 12.8 Å². The zero-order valence-corrected chi connectivity index (χ0v) is 14.8. The van der Waals surface area contributed by atoms with Crippen LogP contribution in [0.4, 0.5) is 0 Å². The molecule has 1 aromatic carbocycles. The summed E-state index contributed by atoms with van der Waals surface area (Å²) in [5.74, 6) is 0.485. The van der Waals surface area contributed by atoms with Gasteiger partial charge in [-0.3, -0.25) is 9.48 Å². The Kier molecular flexibility index (Phi) is 5.87. The molecular formula is C20H27N3O2. The minimum absolute atomic E-state index is 0.206. The van der Waals surface area contributed by atoms with Gasteiger partial charge in [-0.25, -0.2) is 0 Å². The molecular weight excluding hydrogens is 314 g/mol. The molecule has 5 nitrogen and oxygen atoms in total. The molecule has 2 aromatic rings. The number of benzene rings is 1. The maximum absolute atomic E-state index is 12.4. The molecule has 134 valence electrons. The number of aliphatic hydroxyl groups excluding tert-OH is 1. The lowest BCUT2D eigenvalue weighted by Gasteiger charge is -2.34. The summed E-state index contributed by atoms with van der Waals surface area (Å²) in [6.45, 7) is 1.50. The van der Waals surface area contributed by atoms with Crippen molar-refractivity contribution in [3.05, 3.63) is 53.9 Å². The minimum atomic E-state index is -0.325. The number of rotatable bonds is 6. The van der Waals surface area contributed by atoms with Crippen LogP contribution in [0.15, 0.2) is 42.6 Å². The molecule has 1 N–H and O–H groups in total. The Morgan fingerprint density at radius 2 is 1.96 bits per heavy atom. The Morgan fingerprint density at radius 3 is 2.60 bits per heavy atom. The van der Waals surface area contributed by atoms with Crippen LogP contribution in [-0.2, 0) is 24.7 Å². The van der Waals surface area contributed by atoms with Crippen molar-refractivity contribution in [3.8, 4) is 0 Å². The molecule has 0 spiro atoms. The number of nitrogens with zero attached hydrogens (tertiary/aromatic N) is 3. The molecule has 2 heterocycles. The van der Waals surface area contributed by atoms with E-state index in [2.05, 4.69) is 17.2 Å². The van der Waals surface area contributed by atoms with Gasteiger partial charge in [-0.1, -0.05) is 30.3 Å². The Hall–Kier alpha value is -2.14. The van der Waals surface area contributed by atoms with Gasteiger partial charge in [0.1, 0.15) is 0 Å². The highest BCUT2D eigenvalue weighted by Crippen LogP contribution is 2.23. The largest absolute Gasteiger partial charge is 0.392 e. The van der Waals surface area contributed by atoms with Crippen molar-refractivity contribution in [1.29, 1.82) is 0 Å². The van der Waals surface area contributed by atoms with Crippen molar-refractivity contribution in [2.24, 2.45) is 13.0 Å². The smallest absolute Gasteiger partial charge is 0.222 e. The highest BCUT2D eigenvalue weighted by atomic mass is 16.3. The van der Waals surface area contributed by atoms with Crippen LogP contribution in [-0.4, -0.2) is 44.9 Å². The number of carbonyl (C=O) groups is 1. The molecule has 1 aliphatic rings. The highest BCUT2D eigenvalue weighted by molar-refractivity contribution is 5.76. The van der Waals surface area contributed by atoms with E-state index in [1.165, 1.54) is 5.56 Å². The minimum Gasteiger partial charge on any atom is -0.392 e. The zero-order valence-electron chi connectivity index (χ0n) is 14.8. The number of aryl methyl sites for hydroxylation is 2. The third-order valence-corrected chi connectivity index (χ3v) is 5.24. The third kappa shape index (κ3) is 4.69. The normalized spacial score (nSPS) is 16.8. The lowest BCUT2D eigenvalue weighted by atomic mass is 9.88. The number of likely N-dealkylation sites (tertiary alicyclic amines) is 1. The number of carbonyl (C=O) groups excluding carboxylic acids is 1. The van der Waals surface area contributed by atoms with Gasteiger partial charge in [0.15, 0.2) is 0 Å². The Balaban J connectivity index is 1.43. The molecule has 1 aliphatic heterocycles. The Labute approximate surface area is 149 Å². The van der Waals surface area contributed by atoms with Gasteiger partial charge in [-0.2, -0.15) is 5.10 Å². The first-order chi connectivity index (χ1) is 12.1. The van der Waals surface area contributed by atoms with E-state index < -0.39 is 0 Å². The number of hydrogen-bond acceptors (Lipinski definition) is 3. The summed E-state index contributed by atoms with van der Waals surface area (Å²) in [7, 11) is 1.90. The van der Waals surface area contributed by atoms with Crippen molar-refractivity contribution >= 4 is 5.91 Å². The van der Waals surface area contributed by atoms with Gasteiger partial charge in [0.05, 0.1) is 6.10 Å². The SMILES string of the molecule is Cn1nccc1CCC(=O)N1CCC(C(O)Cc2ccccc2)CC1. The summed E-state index contributed by atoms with van der Waals surface area (Å²) in [6, 6.07) is 12.1. The quantitative estimate of drug-likeness (QED) is 0.876. The van der Waals surface area contributed by atoms with E-state index in [9.17, 15) is 9.90 Å². The first-order valence-electron chi connectivity index (χ1n) is 9.10. The highest BCUT2D eigenvalue weighted by Gasteiger charge is 2.27. The second-order valence-electron chi connectivity index (χ2n) is 6.92. The van der Waals surface area contributed by atoms with Crippen molar-refractivity contribution in [3.63, 3.8) is 0 Å². The fourth-order valence-electron chi connectivity index (χ4n) is 3.60. The predicted molar refractivity (Wildman–Crippen MR) is 97.0 cm³/mol. The lowest BCUT2D eigenvalue weighted by molar-refractivity contribution is -0.133. The van der Waals surface area contributed by atoms with Gasteiger partial charge in [-0.05, 0) is 43.2 Å². The number of amides is 1. The summed E-state index contributed by atoms with van der Waals surface area (Å²) in [5.41, 5.74) is 2.26. The second kappa shape index (κ2) is 8.30. The van der Waals surface area contributed by atoms with Crippen molar-refractivity contribution in [2.75, 3.05) is 13.1 Å². The van der Waals surface area contributed by atoms with Crippen LogP contribution in [0.25, 0.3) is 0 Å². The van der Waals surface area contributed by atoms with Crippen molar-refractivity contribution in [1.82, 2.24) is 14.7 Å². The topological polar surface area (TPSA) is 58.4 Å². The van der Waals surface area contributed by atoms with E-state index in [0.717, 1.165) is 38.0 Å². The average molecular weight is 341 g/mol. The molecule has 1 unspecified atom stereocenters. The van der Waals surface area contributed by atoms with Gasteiger partial charge >= 0.3 is 0 Å². The fraction of sp³-hybridized carbons (Fsp3) is 0.500. The molecule has 0 saturated carbocycles. The van der Waals surface area contributed by atoms with E-state index in [1.54, 1.807) is 6.20 Å². The van der Waals surface area contributed by atoms with Gasteiger partial charge in [0.2, 0.25) is 5.91 Å². The molecule has 1 fully saturated rings. The Morgan fingerprint density at radius 1 is 1.24 bits per heavy atom.